The summed E-state index contributed by atoms with van der Waals surface area (Å²) in [5.74, 6) is 0.0207. The number of carbonyl (C=O) groups is 1. The van der Waals surface area contributed by atoms with Crippen LogP contribution in [0, 0.1) is 3.77 Å². The van der Waals surface area contributed by atoms with Crippen LogP contribution in [0.5, 0.6) is 0 Å². The molecular formula is C15H17IN2O3. The molecule has 21 heavy (non-hydrogen) atoms. The van der Waals surface area contributed by atoms with E-state index >= 15 is 0 Å². The lowest BCUT2D eigenvalue weighted by atomic mass is 10.2. The van der Waals surface area contributed by atoms with E-state index in [0.29, 0.717) is 21.8 Å². The van der Waals surface area contributed by atoms with Crippen molar-refractivity contribution in [2.75, 3.05) is 29.9 Å². The molecule has 1 aromatic heterocycles. The number of anilines is 2. The Balaban J connectivity index is 2.03. The summed E-state index contributed by atoms with van der Waals surface area (Å²) in [6.45, 7) is 3.55. The summed E-state index contributed by atoms with van der Waals surface area (Å²) in [7, 11) is 0. The second kappa shape index (κ2) is 7.46. The van der Waals surface area contributed by atoms with Crippen molar-refractivity contribution >= 4 is 39.9 Å². The number of aliphatic hydroxyl groups excluding tert-OH is 1. The van der Waals surface area contributed by atoms with Gasteiger partial charge in [-0.3, -0.25) is 4.79 Å². The van der Waals surface area contributed by atoms with Crippen molar-refractivity contribution < 1.29 is 14.3 Å². The van der Waals surface area contributed by atoms with E-state index in [4.69, 9.17) is 9.52 Å². The van der Waals surface area contributed by atoms with E-state index in [1.165, 1.54) is 0 Å². The summed E-state index contributed by atoms with van der Waals surface area (Å²) in [4.78, 5) is 14.0. The van der Waals surface area contributed by atoms with Gasteiger partial charge in [0.25, 0.3) is 5.91 Å². The molecule has 2 aromatic rings. The average Bonchev–Trinajstić information content (AvgIpc) is 2.92. The van der Waals surface area contributed by atoms with Crippen LogP contribution in [-0.4, -0.2) is 30.7 Å². The Morgan fingerprint density at radius 2 is 2.00 bits per heavy atom. The van der Waals surface area contributed by atoms with Gasteiger partial charge in [-0.25, -0.2) is 0 Å². The number of hydrogen-bond donors (Lipinski definition) is 2. The number of benzene rings is 1. The molecule has 0 radical (unpaired) electrons. The highest BCUT2D eigenvalue weighted by molar-refractivity contribution is 14.1. The van der Waals surface area contributed by atoms with Crippen LogP contribution in [0.1, 0.15) is 17.5 Å². The quantitative estimate of drug-likeness (QED) is 0.732. The molecule has 0 saturated heterocycles. The number of hydrogen-bond acceptors (Lipinski definition) is 4. The normalized spacial score (nSPS) is 10.4. The number of nitrogens with zero attached hydrogens (tertiary/aromatic N) is 1. The lowest BCUT2D eigenvalue weighted by Gasteiger charge is -2.22. The first-order valence-corrected chi connectivity index (χ1v) is 7.74. The van der Waals surface area contributed by atoms with Crippen molar-refractivity contribution in [2.24, 2.45) is 0 Å². The summed E-state index contributed by atoms with van der Waals surface area (Å²) in [6.07, 6.45) is 0. The lowest BCUT2D eigenvalue weighted by Crippen LogP contribution is -2.26. The zero-order valence-corrected chi connectivity index (χ0v) is 13.8. The fourth-order valence-corrected chi connectivity index (χ4v) is 2.39. The molecular weight excluding hydrogens is 383 g/mol. The van der Waals surface area contributed by atoms with Gasteiger partial charge in [0.2, 0.25) is 0 Å². The number of carbonyl (C=O) groups excluding carboxylic acids is 1. The third-order valence-electron chi connectivity index (χ3n) is 3.04. The van der Waals surface area contributed by atoms with Gasteiger partial charge in [-0.1, -0.05) is 0 Å². The number of rotatable bonds is 6. The summed E-state index contributed by atoms with van der Waals surface area (Å²) < 4.78 is 5.94. The first-order valence-electron chi connectivity index (χ1n) is 6.66. The largest absolute Gasteiger partial charge is 0.445 e. The van der Waals surface area contributed by atoms with Crippen LogP contribution >= 0.6 is 22.6 Å². The van der Waals surface area contributed by atoms with Crippen LogP contribution in [0.3, 0.4) is 0 Å². The molecule has 0 unspecified atom stereocenters. The highest BCUT2D eigenvalue weighted by Crippen LogP contribution is 2.19. The topological polar surface area (TPSA) is 65.7 Å². The zero-order chi connectivity index (χ0) is 15.2. The summed E-state index contributed by atoms with van der Waals surface area (Å²) in [5.41, 5.74) is 1.72. The number of likely N-dealkylation sites (N-methyl/N-ethyl adjacent to an activating group) is 1. The number of amides is 1. The number of halogens is 1. The molecule has 2 rings (SSSR count). The third kappa shape index (κ3) is 4.21. The van der Waals surface area contributed by atoms with Gasteiger partial charge < -0.3 is 19.7 Å². The van der Waals surface area contributed by atoms with E-state index in [1.807, 2.05) is 53.8 Å². The van der Waals surface area contributed by atoms with Crippen molar-refractivity contribution in [3.8, 4) is 0 Å². The van der Waals surface area contributed by atoms with Crippen LogP contribution in [0.4, 0.5) is 11.4 Å². The van der Waals surface area contributed by atoms with Gasteiger partial charge in [-0.2, -0.15) is 0 Å². The standard InChI is InChI=1S/C15H17IN2O3/c1-2-18(9-10-19)12-5-3-11(4-6-12)17-15(20)13-7-8-14(16)21-13/h3-8,19H,2,9-10H2,1H3,(H,17,20). The Bertz CT molecular complexity index is 595. The monoisotopic (exact) mass is 400 g/mol. The van der Waals surface area contributed by atoms with Gasteiger partial charge >= 0.3 is 0 Å². The van der Waals surface area contributed by atoms with Gasteiger partial charge in [0.15, 0.2) is 9.53 Å². The maximum absolute atomic E-state index is 12.0. The number of furan rings is 1. The highest BCUT2D eigenvalue weighted by Gasteiger charge is 2.11. The molecule has 0 saturated carbocycles. The smallest absolute Gasteiger partial charge is 0.291 e. The predicted molar refractivity (Wildman–Crippen MR) is 90.8 cm³/mol. The van der Waals surface area contributed by atoms with Crippen molar-refractivity contribution in [3.63, 3.8) is 0 Å². The van der Waals surface area contributed by atoms with E-state index < -0.39 is 0 Å². The van der Waals surface area contributed by atoms with E-state index in [2.05, 4.69) is 10.2 Å². The third-order valence-corrected chi connectivity index (χ3v) is 3.62. The maximum atomic E-state index is 12.0. The Morgan fingerprint density at radius 3 is 2.52 bits per heavy atom. The molecule has 0 spiro atoms. The SMILES string of the molecule is CCN(CCO)c1ccc(NC(=O)c2ccc(I)o2)cc1. The predicted octanol–water partition coefficient (Wildman–Crippen LogP) is 2.96. The molecule has 0 aliphatic carbocycles. The molecule has 112 valence electrons. The van der Waals surface area contributed by atoms with Crippen LogP contribution in [0.2, 0.25) is 0 Å². The first-order chi connectivity index (χ1) is 10.1. The van der Waals surface area contributed by atoms with Crippen molar-refractivity contribution in [1.82, 2.24) is 0 Å². The highest BCUT2D eigenvalue weighted by atomic mass is 127. The van der Waals surface area contributed by atoms with E-state index in [0.717, 1.165) is 12.2 Å². The minimum Gasteiger partial charge on any atom is -0.445 e. The fourth-order valence-electron chi connectivity index (χ4n) is 1.98. The van der Waals surface area contributed by atoms with E-state index in [9.17, 15) is 4.79 Å². The van der Waals surface area contributed by atoms with E-state index in [1.54, 1.807) is 12.1 Å². The van der Waals surface area contributed by atoms with Gasteiger partial charge in [-0.05, 0) is 65.9 Å². The van der Waals surface area contributed by atoms with Gasteiger partial charge in [-0.15, -0.1) is 0 Å². The molecule has 5 nitrogen and oxygen atoms in total. The molecule has 0 bridgehead atoms. The minimum atomic E-state index is -0.270. The van der Waals surface area contributed by atoms with Gasteiger partial charge in [0, 0.05) is 24.5 Å². The van der Waals surface area contributed by atoms with Crippen molar-refractivity contribution in [1.29, 1.82) is 0 Å². The lowest BCUT2D eigenvalue weighted by molar-refractivity contribution is 0.0995. The Morgan fingerprint density at radius 1 is 1.29 bits per heavy atom. The first kappa shape index (κ1) is 15.8. The second-order valence-corrected chi connectivity index (χ2v) is 5.47. The second-order valence-electron chi connectivity index (χ2n) is 4.41. The number of nitrogens with one attached hydrogen (secondary N) is 1. The Kier molecular flexibility index (Phi) is 5.63. The molecule has 0 atom stereocenters. The van der Waals surface area contributed by atoms with Crippen molar-refractivity contribution in [2.45, 2.75) is 6.92 Å². The van der Waals surface area contributed by atoms with Crippen LogP contribution in [0.25, 0.3) is 0 Å². The Labute approximate surface area is 137 Å². The summed E-state index contributed by atoms with van der Waals surface area (Å²) >= 11 is 2.02. The number of aliphatic hydroxyl groups is 1. The molecule has 1 aromatic carbocycles. The molecule has 0 aliphatic rings. The van der Waals surface area contributed by atoms with Crippen LogP contribution < -0.4 is 10.2 Å². The molecule has 1 heterocycles. The molecule has 6 heteroatoms. The average molecular weight is 400 g/mol. The fraction of sp³-hybridized carbons (Fsp3) is 0.267. The van der Waals surface area contributed by atoms with Gasteiger partial charge in [0.05, 0.1) is 6.61 Å². The van der Waals surface area contributed by atoms with Gasteiger partial charge in [0.1, 0.15) is 0 Å². The maximum Gasteiger partial charge on any atom is 0.291 e. The zero-order valence-electron chi connectivity index (χ0n) is 11.7. The minimum absolute atomic E-state index is 0.115. The Hall–Kier alpha value is -1.54. The molecule has 2 N–H and O–H groups in total. The van der Waals surface area contributed by atoms with Crippen LogP contribution in [0.15, 0.2) is 40.8 Å². The molecule has 0 aliphatic heterocycles. The van der Waals surface area contributed by atoms with E-state index in [-0.39, 0.29) is 12.5 Å². The van der Waals surface area contributed by atoms with Crippen molar-refractivity contribution in [3.05, 3.63) is 45.9 Å². The van der Waals surface area contributed by atoms with Crippen LogP contribution in [-0.2, 0) is 0 Å². The summed E-state index contributed by atoms with van der Waals surface area (Å²) in [5, 5.41) is 11.8. The molecule has 0 fully saturated rings. The summed E-state index contributed by atoms with van der Waals surface area (Å²) in [6, 6.07) is 10.9. The molecule has 1 amide bonds.